The van der Waals surface area contributed by atoms with Gasteiger partial charge in [0.1, 0.15) is 12.4 Å². The van der Waals surface area contributed by atoms with Gasteiger partial charge in [-0.2, -0.15) is 0 Å². The first-order valence-electron chi connectivity index (χ1n) is 7.32. The lowest BCUT2D eigenvalue weighted by Gasteiger charge is -2.09. The van der Waals surface area contributed by atoms with E-state index in [4.69, 9.17) is 15.6 Å². The number of aliphatic hydroxyl groups is 1. The zero-order chi connectivity index (χ0) is 16.5. The number of hydrogen-bond donors (Lipinski definition) is 3. The predicted molar refractivity (Wildman–Crippen MR) is 90.8 cm³/mol. The summed E-state index contributed by atoms with van der Waals surface area (Å²) in [5.74, 6) is 0.345. The van der Waals surface area contributed by atoms with Gasteiger partial charge in [-0.15, -0.1) is 0 Å². The van der Waals surface area contributed by atoms with Crippen LogP contribution in [0.15, 0.2) is 54.6 Å². The second-order valence-electron chi connectivity index (χ2n) is 4.92. The van der Waals surface area contributed by atoms with Crippen molar-refractivity contribution in [1.82, 2.24) is 5.32 Å². The molecule has 0 aliphatic carbocycles. The molecule has 2 aromatic carbocycles. The normalized spacial score (nSPS) is 10.7. The highest BCUT2D eigenvalue weighted by molar-refractivity contribution is 5.91. The van der Waals surface area contributed by atoms with E-state index in [0.29, 0.717) is 18.0 Å². The zero-order valence-corrected chi connectivity index (χ0v) is 12.7. The van der Waals surface area contributed by atoms with Crippen LogP contribution in [0.3, 0.4) is 0 Å². The molecule has 0 unspecified atom stereocenters. The van der Waals surface area contributed by atoms with Crippen molar-refractivity contribution in [1.29, 1.82) is 0 Å². The number of ether oxygens (including phenoxy) is 1. The van der Waals surface area contributed by atoms with Crippen LogP contribution in [0.2, 0.25) is 0 Å². The fourth-order valence-corrected chi connectivity index (χ4v) is 1.95. The summed E-state index contributed by atoms with van der Waals surface area (Å²) in [6.45, 7) is 0.599. The van der Waals surface area contributed by atoms with E-state index in [1.54, 1.807) is 18.2 Å². The molecule has 2 rings (SSSR count). The lowest BCUT2D eigenvalue weighted by molar-refractivity contribution is -0.116. The van der Waals surface area contributed by atoms with Gasteiger partial charge < -0.3 is 20.9 Å². The molecule has 0 radical (unpaired) electrons. The maximum Gasteiger partial charge on any atom is 0.244 e. The molecule has 0 bridgehead atoms. The SMILES string of the molecule is Nc1cc(/C=C\C(=O)NCCO)ccc1OCc1ccccc1. The second kappa shape index (κ2) is 8.60. The third-order valence-corrected chi connectivity index (χ3v) is 3.11. The minimum atomic E-state index is -0.262. The van der Waals surface area contributed by atoms with Crippen molar-refractivity contribution >= 4 is 17.7 Å². The molecule has 5 heteroatoms. The number of aliphatic hydroxyl groups excluding tert-OH is 1. The number of benzene rings is 2. The van der Waals surface area contributed by atoms with Gasteiger partial charge in [0.25, 0.3) is 0 Å². The van der Waals surface area contributed by atoms with E-state index in [2.05, 4.69) is 5.32 Å². The molecule has 5 nitrogen and oxygen atoms in total. The monoisotopic (exact) mass is 312 g/mol. The molecule has 0 spiro atoms. The van der Waals surface area contributed by atoms with Crippen LogP contribution in [-0.2, 0) is 11.4 Å². The number of anilines is 1. The van der Waals surface area contributed by atoms with Crippen LogP contribution >= 0.6 is 0 Å². The van der Waals surface area contributed by atoms with Crippen LogP contribution in [-0.4, -0.2) is 24.2 Å². The van der Waals surface area contributed by atoms with Gasteiger partial charge in [0.15, 0.2) is 0 Å². The molecule has 0 heterocycles. The Labute approximate surface area is 135 Å². The summed E-state index contributed by atoms with van der Waals surface area (Å²) in [7, 11) is 0. The Morgan fingerprint density at radius 2 is 2.00 bits per heavy atom. The van der Waals surface area contributed by atoms with Crippen LogP contribution in [0.1, 0.15) is 11.1 Å². The Kier molecular flexibility index (Phi) is 6.20. The van der Waals surface area contributed by atoms with Gasteiger partial charge in [-0.1, -0.05) is 36.4 Å². The first kappa shape index (κ1) is 16.6. The fraction of sp³-hybridized carbons (Fsp3) is 0.167. The van der Waals surface area contributed by atoms with Crippen molar-refractivity contribution in [3.8, 4) is 5.75 Å². The summed E-state index contributed by atoms with van der Waals surface area (Å²) in [6.07, 6.45) is 3.05. The number of hydrogen-bond acceptors (Lipinski definition) is 4. The maximum absolute atomic E-state index is 11.4. The highest BCUT2D eigenvalue weighted by Crippen LogP contribution is 2.24. The highest BCUT2D eigenvalue weighted by Gasteiger charge is 2.02. The minimum Gasteiger partial charge on any atom is -0.487 e. The Morgan fingerprint density at radius 3 is 2.70 bits per heavy atom. The Hall–Kier alpha value is -2.79. The lowest BCUT2D eigenvalue weighted by atomic mass is 10.1. The van der Waals surface area contributed by atoms with Gasteiger partial charge in [-0.25, -0.2) is 0 Å². The quantitative estimate of drug-likeness (QED) is 0.539. The van der Waals surface area contributed by atoms with Gasteiger partial charge in [0.05, 0.1) is 12.3 Å². The molecule has 120 valence electrons. The average Bonchev–Trinajstić information content (AvgIpc) is 2.58. The van der Waals surface area contributed by atoms with Crippen molar-refractivity contribution in [3.63, 3.8) is 0 Å². The lowest BCUT2D eigenvalue weighted by Crippen LogP contribution is -2.24. The number of rotatable bonds is 7. The standard InChI is InChI=1S/C18H20N2O3/c19-16-12-14(7-9-18(22)20-10-11-21)6-8-17(16)23-13-15-4-2-1-3-5-15/h1-9,12,21H,10-11,13,19H2,(H,20,22)/b9-7-. The smallest absolute Gasteiger partial charge is 0.244 e. The Morgan fingerprint density at radius 1 is 1.22 bits per heavy atom. The topological polar surface area (TPSA) is 84.6 Å². The van der Waals surface area contributed by atoms with Crippen molar-refractivity contribution in [2.75, 3.05) is 18.9 Å². The molecule has 4 N–H and O–H groups in total. The molecule has 0 aliphatic heterocycles. The highest BCUT2D eigenvalue weighted by atomic mass is 16.5. The van der Waals surface area contributed by atoms with E-state index < -0.39 is 0 Å². The first-order chi connectivity index (χ1) is 11.2. The van der Waals surface area contributed by atoms with Crippen molar-refractivity contribution < 1.29 is 14.6 Å². The zero-order valence-electron chi connectivity index (χ0n) is 12.7. The van der Waals surface area contributed by atoms with Crippen LogP contribution < -0.4 is 15.8 Å². The van der Waals surface area contributed by atoms with Crippen LogP contribution in [0.5, 0.6) is 5.75 Å². The van der Waals surface area contributed by atoms with Gasteiger partial charge in [-0.3, -0.25) is 4.79 Å². The molecule has 0 fully saturated rings. The predicted octanol–water partition coefficient (Wildman–Crippen LogP) is 1.97. The molecule has 0 atom stereocenters. The van der Waals surface area contributed by atoms with Crippen molar-refractivity contribution in [3.05, 3.63) is 65.7 Å². The van der Waals surface area contributed by atoms with E-state index >= 15 is 0 Å². The molecule has 0 aromatic heterocycles. The minimum absolute atomic E-state index is 0.0834. The number of amides is 1. The summed E-state index contributed by atoms with van der Waals surface area (Å²) in [6, 6.07) is 15.2. The summed E-state index contributed by atoms with van der Waals surface area (Å²) >= 11 is 0. The Bertz CT molecular complexity index is 669. The number of nitrogen functional groups attached to an aromatic ring is 1. The van der Waals surface area contributed by atoms with Gasteiger partial charge in [0, 0.05) is 12.6 Å². The Balaban J connectivity index is 1.95. The molecular formula is C18H20N2O3. The third-order valence-electron chi connectivity index (χ3n) is 3.11. The second-order valence-corrected chi connectivity index (χ2v) is 4.92. The largest absolute Gasteiger partial charge is 0.487 e. The molecule has 23 heavy (non-hydrogen) atoms. The summed E-state index contributed by atoms with van der Waals surface area (Å²) < 4.78 is 5.70. The fourth-order valence-electron chi connectivity index (χ4n) is 1.95. The molecule has 0 aliphatic rings. The molecule has 1 amide bonds. The molecule has 0 saturated carbocycles. The van der Waals surface area contributed by atoms with Crippen LogP contribution in [0.25, 0.3) is 6.08 Å². The van der Waals surface area contributed by atoms with E-state index in [9.17, 15) is 4.79 Å². The van der Waals surface area contributed by atoms with E-state index in [1.807, 2.05) is 36.4 Å². The molecule has 0 saturated heterocycles. The van der Waals surface area contributed by atoms with Crippen LogP contribution in [0, 0.1) is 0 Å². The van der Waals surface area contributed by atoms with E-state index in [0.717, 1.165) is 11.1 Å². The maximum atomic E-state index is 11.4. The van der Waals surface area contributed by atoms with Gasteiger partial charge in [0.2, 0.25) is 5.91 Å². The van der Waals surface area contributed by atoms with Crippen molar-refractivity contribution in [2.24, 2.45) is 0 Å². The van der Waals surface area contributed by atoms with Crippen LogP contribution in [0.4, 0.5) is 5.69 Å². The van der Waals surface area contributed by atoms with Crippen molar-refractivity contribution in [2.45, 2.75) is 6.61 Å². The summed E-state index contributed by atoms with van der Waals surface area (Å²) in [4.78, 5) is 11.4. The number of nitrogens with one attached hydrogen (secondary N) is 1. The average molecular weight is 312 g/mol. The summed E-state index contributed by atoms with van der Waals surface area (Å²) in [5, 5.41) is 11.2. The van der Waals surface area contributed by atoms with E-state index in [1.165, 1.54) is 6.08 Å². The molecule has 2 aromatic rings. The van der Waals surface area contributed by atoms with Gasteiger partial charge in [-0.05, 0) is 29.3 Å². The van der Waals surface area contributed by atoms with Gasteiger partial charge >= 0.3 is 0 Å². The molecular weight excluding hydrogens is 292 g/mol. The third kappa shape index (κ3) is 5.48. The number of carbonyl (C=O) groups excluding carboxylic acids is 1. The summed E-state index contributed by atoms with van der Waals surface area (Å²) in [5.41, 5.74) is 8.36. The van der Waals surface area contributed by atoms with E-state index in [-0.39, 0.29) is 19.1 Å². The number of carbonyl (C=O) groups is 1. The number of nitrogens with two attached hydrogens (primary N) is 1. The first-order valence-corrected chi connectivity index (χ1v) is 7.32.